The second-order valence-electron chi connectivity index (χ2n) is 7.13. The Kier molecular flexibility index (Phi) is 4.63. The maximum absolute atomic E-state index is 12.1. The molecule has 4 heterocycles. The lowest BCUT2D eigenvalue weighted by molar-refractivity contribution is 0.0348. The van der Waals surface area contributed by atoms with Crippen molar-refractivity contribution < 1.29 is 14.3 Å². The molecule has 3 aliphatic heterocycles. The van der Waals surface area contributed by atoms with E-state index in [1.807, 2.05) is 30.3 Å². The number of methoxy groups -OCH3 is 1. The van der Waals surface area contributed by atoms with Crippen LogP contribution < -0.4 is 15.2 Å². The molecule has 0 saturated carbocycles. The Morgan fingerprint density at radius 3 is 2.62 bits per heavy atom. The molecule has 2 N–H and O–H groups in total. The molecule has 3 saturated heterocycles. The number of amides is 1. The van der Waals surface area contributed by atoms with Crippen molar-refractivity contribution in [2.75, 3.05) is 20.2 Å². The van der Waals surface area contributed by atoms with E-state index >= 15 is 0 Å². The molecular weight excluding hydrogens is 348 g/mol. The van der Waals surface area contributed by atoms with Gasteiger partial charge in [-0.2, -0.15) is 0 Å². The third-order valence-electron chi connectivity index (χ3n) is 5.76. The Balaban J connectivity index is 1.66. The van der Waals surface area contributed by atoms with Crippen LogP contribution >= 0.6 is 11.3 Å². The number of rotatable bonds is 5. The van der Waals surface area contributed by atoms with Gasteiger partial charge in [-0.3, -0.25) is 4.79 Å². The number of nitrogens with two attached hydrogens (primary N) is 1. The average molecular weight is 372 g/mol. The minimum atomic E-state index is -0.367. The van der Waals surface area contributed by atoms with Crippen LogP contribution in [0.15, 0.2) is 30.3 Å². The van der Waals surface area contributed by atoms with Crippen molar-refractivity contribution in [3.8, 4) is 16.6 Å². The van der Waals surface area contributed by atoms with Gasteiger partial charge in [-0.15, -0.1) is 0 Å². The summed E-state index contributed by atoms with van der Waals surface area (Å²) in [4.78, 5) is 15.2. The van der Waals surface area contributed by atoms with E-state index in [4.69, 9.17) is 15.2 Å². The Labute approximate surface area is 157 Å². The summed E-state index contributed by atoms with van der Waals surface area (Å²) in [7, 11) is 1.63. The number of ether oxygens (including phenoxy) is 2. The maximum Gasteiger partial charge on any atom is 0.259 e. The lowest BCUT2D eigenvalue weighted by atomic mass is 9.71. The maximum atomic E-state index is 12.1. The molecule has 0 radical (unpaired) electrons. The molecule has 1 amide bonds. The Bertz CT molecular complexity index is 809. The molecule has 1 aromatic heterocycles. The monoisotopic (exact) mass is 372 g/mol. The molecule has 3 aliphatic rings. The number of carbonyl (C=O) groups is 1. The lowest BCUT2D eigenvalue weighted by Crippen LogP contribution is -2.52. The zero-order valence-electron chi connectivity index (χ0n) is 15.1. The fourth-order valence-electron chi connectivity index (χ4n) is 4.47. The van der Waals surface area contributed by atoms with Crippen LogP contribution in [0.5, 0.6) is 16.6 Å². The van der Waals surface area contributed by atoms with Gasteiger partial charge in [-0.1, -0.05) is 17.4 Å². The molecule has 0 spiro atoms. The number of hydrogen-bond acceptors (Lipinski definition) is 5. The van der Waals surface area contributed by atoms with Crippen LogP contribution in [0.1, 0.15) is 40.9 Å². The highest BCUT2D eigenvalue weighted by atomic mass is 32.1. The van der Waals surface area contributed by atoms with E-state index in [0.29, 0.717) is 33.6 Å². The normalized spacial score (nSPS) is 27.3. The van der Waals surface area contributed by atoms with Crippen molar-refractivity contribution in [3.05, 3.63) is 40.8 Å². The fraction of sp³-hybridized carbons (Fsp3) is 0.450. The molecule has 0 unspecified atom stereocenters. The van der Waals surface area contributed by atoms with E-state index < -0.39 is 0 Å². The molecule has 138 valence electrons. The summed E-state index contributed by atoms with van der Waals surface area (Å²) in [6.07, 6.45) is 2.38. The van der Waals surface area contributed by atoms with Crippen molar-refractivity contribution >= 4 is 17.2 Å². The Morgan fingerprint density at radius 1 is 1.23 bits per heavy atom. The first-order chi connectivity index (χ1) is 12.6. The first kappa shape index (κ1) is 17.4. The molecule has 26 heavy (non-hydrogen) atoms. The Morgan fingerprint density at radius 2 is 1.96 bits per heavy atom. The smallest absolute Gasteiger partial charge is 0.259 e. The van der Waals surface area contributed by atoms with Gasteiger partial charge in [-0.05, 0) is 62.5 Å². The highest BCUT2D eigenvalue weighted by Gasteiger charge is 2.42. The number of thiophene rings is 1. The van der Waals surface area contributed by atoms with Crippen LogP contribution in [-0.4, -0.2) is 37.0 Å². The molecule has 5 rings (SSSR count). The summed E-state index contributed by atoms with van der Waals surface area (Å²) in [5.74, 6) is 2.02. The van der Waals surface area contributed by atoms with Crippen LogP contribution in [0, 0.1) is 5.92 Å². The van der Waals surface area contributed by atoms with E-state index in [-0.39, 0.29) is 5.91 Å². The SMILES string of the molecule is COc1cccc(Oc2cc([C@H]3C4CCN(CC4)[C@H]3C)c(C(N)=O)s2)c1. The highest BCUT2D eigenvalue weighted by molar-refractivity contribution is 7.16. The third-order valence-corrected chi connectivity index (χ3v) is 6.80. The van der Waals surface area contributed by atoms with Crippen molar-refractivity contribution in [1.82, 2.24) is 4.90 Å². The van der Waals surface area contributed by atoms with E-state index in [1.54, 1.807) is 7.11 Å². The zero-order valence-corrected chi connectivity index (χ0v) is 15.9. The van der Waals surface area contributed by atoms with Gasteiger partial charge in [-0.25, -0.2) is 0 Å². The standard InChI is InChI=1S/C20H24N2O3S/c1-12-18(13-6-8-22(12)9-7-13)16-11-17(26-19(16)20(21)23)25-15-5-3-4-14(10-15)24-2/h3-5,10-13,18H,6-9H2,1-2H3,(H2,21,23)/t12-,18+/m0/s1. The van der Waals surface area contributed by atoms with Crippen molar-refractivity contribution in [3.63, 3.8) is 0 Å². The summed E-state index contributed by atoms with van der Waals surface area (Å²) in [5.41, 5.74) is 6.76. The van der Waals surface area contributed by atoms with E-state index in [9.17, 15) is 4.79 Å². The van der Waals surface area contributed by atoms with E-state index in [0.717, 1.165) is 24.4 Å². The molecule has 5 nitrogen and oxygen atoms in total. The van der Waals surface area contributed by atoms with Gasteiger partial charge in [0, 0.05) is 18.0 Å². The number of nitrogens with zero attached hydrogens (tertiary/aromatic N) is 1. The lowest BCUT2D eigenvalue weighted by Gasteiger charge is -2.50. The van der Waals surface area contributed by atoms with Crippen molar-refractivity contribution in [2.45, 2.75) is 31.7 Å². The molecular formula is C20H24N2O3S. The summed E-state index contributed by atoms with van der Waals surface area (Å²) >= 11 is 1.34. The molecule has 3 fully saturated rings. The molecule has 1 aromatic carbocycles. The van der Waals surface area contributed by atoms with Gasteiger partial charge in [0.2, 0.25) is 0 Å². The third kappa shape index (κ3) is 3.08. The Hall–Kier alpha value is -2.05. The predicted molar refractivity (Wildman–Crippen MR) is 102 cm³/mol. The number of carbonyl (C=O) groups excluding carboxylic acids is 1. The predicted octanol–water partition coefficient (Wildman–Crippen LogP) is 3.85. The van der Waals surface area contributed by atoms with Crippen molar-refractivity contribution in [2.24, 2.45) is 11.7 Å². The molecule has 2 atom stereocenters. The number of benzene rings is 1. The number of hydrogen-bond donors (Lipinski definition) is 1. The molecule has 6 heteroatoms. The summed E-state index contributed by atoms with van der Waals surface area (Å²) in [6.45, 7) is 4.58. The first-order valence-electron chi connectivity index (χ1n) is 9.06. The summed E-state index contributed by atoms with van der Waals surface area (Å²) < 4.78 is 11.3. The van der Waals surface area contributed by atoms with Crippen LogP contribution in [0.25, 0.3) is 0 Å². The van der Waals surface area contributed by atoms with Gasteiger partial charge in [0.05, 0.1) is 12.0 Å². The number of fused-ring (bicyclic) bond motifs is 3. The quantitative estimate of drug-likeness (QED) is 0.866. The van der Waals surface area contributed by atoms with Gasteiger partial charge >= 0.3 is 0 Å². The van der Waals surface area contributed by atoms with Crippen LogP contribution in [0.2, 0.25) is 0 Å². The molecule has 2 bridgehead atoms. The van der Waals surface area contributed by atoms with Crippen LogP contribution in [0.4, 0.5) is 0 Å². The van der Waals surface area contributed by atoms with E-state index in [2.05, 4.69) is 11.8 Å². The van der Waals surface area contributed by atoms with Crippen molar-refractivity contribution in [1.29, 1.82) is 0 Å². The minimum absolute atomic E-state index is 0.346. The van der Waals surface area contributed by atoms with Gasteiger partial charge in [0.25, 0.3) is 5.91 Å². The second-order valence-corrected chi connectivity index (χ2v) is 8.15. The summed E-state index contributed by atoms with van der Waals surface area (Å²) in [6, 6.07) is 9.92. The molecule has 2 aromatic rings. The van der Waals surface area contributed by atoms with Gasteiger partial charge < -0.3 is 20.1 Å². The van der Waals surface area contributed by atoms with E-state index in [1.165, 1.54) is 24.2 Å². The van der Waals surface area contributed by atoms with Gasteiger partial charge in [0.1, 0.15) is 11.5 Å². The zero-order chi connectivity index (χ0) is 18.3. The largest absolute Gasteiger partial charge is 0.497 e. The first-order valence-corrected chi connectivity index (χ1v) is 9.88. The topological polar surface area (TPSA) is 64.8 Å². The van der Waals surface area contributed by atoms with Crippen LogP contribution in [0.3, 0.4) is 0 Å². The minimum Gasteiger partial charge on any atom is -0.497 e. The highest BCUT2D eigenvalue weighted by Crippen LogP contribution is 2.47. The fourth-order valence-corrected chi connectivity index (χ4v) is 5.41. The molecule has 0 aliphatic carbocycles. The van der Waals surface area contributed by atoms with Gasteiger partial charge in [0.15, 0.2) is 5.06 Å². The summed E-state index contributed by atoms with van der Waals surface area (Å²) in [5, 5.41) is 0.700. The number of primary amides is 1. The average Bonchev–Trinajstić information content (AvgIpc) is 3.06. The van der Waals surface area contributed by atoms with Crippen LogP contribution in [-0.2, 0) is 0 Å². The second kappa shape index (κ2) is 6.93. The number of piperidine rings is 3.